The normalized spacial score (nSPS) is 11.0. The van der Waals surface area contributed by atoms with Crippen LogP contribution < -0.4 is 14.8 Å². The van der Waals surface area contributed by atoms with Crippen LogP contribution in [0.5, 0.6) is 11.5 Å². The second kappa shape index (κ2) is 8.71. The molecular formula is C20H21NO5. The van der Waals surface area contributed by atoms with Gasteiger partial charge in [-0.3, -0.25) is 4.79 Å². The van der Waals surface area contributed by atoms with Crippen molar-refractivity contribution in [3.8, 4) is 11.5 Å². The zero-order chi connectivity index (χ0) is 19.1. The first-order chi connectivity index (χ1) is 12.4. The lowest BCUT2D eigenvalue weighted by Crippen LogP contribution is -2.24. The van der Waals surface area contributed by atoms with Crippen molar-refractivity contribution in [3.63, 3.8) is 0 Å². The molecule has 2 N–H and O–H groups in total. The number of aliphatic carboxylic acids is 1. The van der Waals surface area contributed by atoms with Crippen LogP contribution in [0.3, 0.4) is 0 Å². The molecule has 0 unspecified atom stereocenters. The van der Waals surface area contributed by atoms with Crippen LogP contribution in [-0.2, 0) is 16.2 Å². The minimum absolute atomic E-state index is 0.215. The first kappa shape index (κ1) is 19.1. The van der Waals surface area contributed by atoms with Gasteiger partial charge in [-0.15, -0.1) is 0 Å². The van der Waals surface area contributed by atoms with E-state index in [1.807, 2.05) is 31.2 Å². The lowest BCUT2D eigenvalue weighted by Gasteiger charge is -2.12. The summed E-state index contributed by atoms with van der Waals surface area (Å²) in [5.41, 5.74) is 2.50. The number of amides is 1. The van der Waals surface area contributed by atoms with Crippen LogP contribution in [0.2, 0.25) is 0 Å². The molecule has 2 aromatic rings. The lowest BCUT2D eigenvalue weighted by molar-refractivity contribution is -0.134. The second-order valence-electron chi connectivity index (χ2n) is 5.73. The van der Waals surface area contributed by atoms with E-state index >= 15 is 0 Å². The van der Waals surface area contributed by atoms with Crippen molar-refractivity contribution in [2.75, 3.05) is 7.11 Å². The molecule has 0 radical (unpaired) electrons. The third-order valence-electron chi connectivity index (χ3n) is 3.52. The van der Waals surface area contributed by atoms with Crippen LogP contribution in [0.1, 0.15) is 23.6 Å². The van der Waals surface area contributed by atoms with E-state index in [9.17, 15) is 14.7 Å². The third-order valence-corrected chi connectivity index (χ3v) is 3.52. The summed E-state index contributed by atoms with van der Waals surface area (Å²) in [5, 5.41) is 11.5. The van der Waals surface area contributed by atoms with Gasteiger partial charge in [0.2, 0.25) is 5.91 Å². The summed E-state index contributed by atoms with van der Waals surface area (Å²) in [6, 6.07) is 13.0. The van der Waals surface area contributed by atoms with E-state index in [1.165, 1.54) is 20.1 Å². The summed E-state index contributed by atoms with van der Waals surface area (Å²) >= 11 is 0. The highest BCUT2D eigenvalue weighted by atomic mass is 16.5. The molecule has 2 aromatic carbocycles. The maximum atomic E-state index is 11.3. The fourth-order valence-electron chi connectivity index (χ4n) is 2.37. The van der Waals surface area contributed by atoms with Crippen LogP contribution in [0.15, 0.2) is 48.2 Å². The molecule has 0 saturated heterocycles. The number of carboxylic acid groups (broad SMARTS) is 1. The minimum Gasteiger partial charge on any atom is -0.493 e. The van der Waals surface area contributed by atoms with Crippen LogP contribution in [0, 0.1) is 6.92 Å². The Labute approximate surface area is 152 Å². The molecule has 0 aliphatic carbocycles. The molecule has 0 atom stereocenters. The van der Waals surface area contributed by atoms with Crippen LogP contribution in [0.25, 0.3) is 6.08 Å². The molecule has 0 aliphatic heterocycles. The quantitative estimate of drug-likeness (QED) is 0.745. The Kier molecular flexibility index (Phi) is 6.38. The van der Waals surface area contributed by atoms with E-state index < -0.39 is 11.9 Å². The minimum atomic E-state index is -1.22. The topological polar surface area (TPSA) is 84.9 Å². The number of benzene rings is 2. The van der Waals surface area contributed by atoms with Crippen molar-refractivity contribution in [1.29, 1.82) is 0 Å². The van der Waals surface area contributed by atoms with Crippen molar-refractivity contribution in [2.24, 2.45) is 0 Å². The maximum absolute atomic E-state index is 11.3. The van der Waals surface area contributed by atoms with Crippen molar-refractivity contribution in [3.05, 3.63) is 64.9 Å². The van der Waals surface area contributed by atoms with Crippen molar-refractivity contribution < 1.29 is 24.2 Å². The predicted octanol–water partition coefficient (Wildman–Crippen LogP) is 3.14. The van der Waals surface area contributed by atoms with E-state index in [1.54, 1.807) is 18.2 Å². The van der Waals surface area contributed by atoms with Gasteiger partial charge in [0, 0.05) is 6.92 Å². The summed E-state index contributed by atoms with van der Waals surface area (Å²) in [5.74, 6) is -0.664. The van der Waals surface area contributed by atoms with E-state index in [0.29, 0.717) is 23.7 Å². The van der Waals surface area contributed by atoms with Crippen molar-refractivity contribution in [1.82, 2.24) is 5.32 Å². The monoisotopic (exact) mass is 355 g/mol. The number of methoxy groups -OCH3 is 1. The predicted molar refractivity (Wildman–Crippen MR) is 97.9 cm³/mol. The zero-order valence-corrected chi connectivity index (χ0v) is 14.9. The molecule has 0 fully saturated rings. The molecular weight excluding hydrogens is 334 g/mol. The van der Waals surface area contributed by atoms with E-state index in [2.05, 4.69) is 5.32 Å². The molecule has 6 nitrogen and oxygen atoms in total. The molecule has 0 spiro atoms. The zero-order valence-electron chi connectivity index (χ0n) is 14.9. The lowest BCUT2D eigenvalue weighted by atomic mass is 10.1. The third kappa shape index (κ3) is 5.37. The van der Waals surface area contributed by atoms with Gasteiger partial charge in [0.05, 0.1) is 7.11 Å². The van der Waals surface area contributed by atoms with Gasteiger partial charge in [-0.05, 0) is 36.3 Å². The highest BCUT2D eigenvalue weighted by Crippen LogP contribution is 2.29. The van der Waals surface area contributed by atoms with Gasteiger partial charge in [-0.2, -0.15) is 0 Å². The van der Waals surface area contributed by atoms with Crippen molar-refractivity contribution in [2.45, 2.75) is 20.5 Å². The molecule has 0 bridgehead atoms. The average Bonchev–Trinajstić information content (AvgIpc) is 2.59. The second-order valence-corrected chi connectivity index (χ2v) is 5.73. The highest BCUT2D eigenvalue weighted by molar-refractivity contribution is 5.96. The standard InChI is InChI=1S/C20H21NO5/c1-13-5-4-6-16(9-13)12-26-19-11-15(7-8-18(19)25-3)10-17(20(23)24)21-14(2)22/h4-11H,12H2,1-3H3,(H,21,22)(H,23,24)/b17-10+. The summed E-state index contributed by atoms with van der Waals surface area (Å²) in [7, 11) is 1.53. The van der Waals surface area contributed by atoms with Crippen LogP contribution >= 0.6 is 0 Å². The Hall–Kier alpha value is -3.28. The van der Waals surface area contributed by atoms with Gasteiger partial charge in [0.15, 0.2) is 11.5 Å². The summed E-state index contributed by atoms with van der Waals surface area (Å²) < 4.78 is 11.1. The Bertz CT molecular complexity index is 842. The van der Waals surface area contributed by atoms with Gasteiger partial charge in [-0.1, -0.05) is 35.9 Å². The van der Waals surface area contributed by atoms with Gasteiger partial charge in [0.25, 0.3) is 0 Å². The van der Waals surface area contributed by atoms with Crippen LogP contribution in [0.4, 0.5) is 0 Å². The first-order valence-electron chi connectivity index (χ1n) is 7.98. The SMILES string of the molecule is COc1ccc(/C=C(/NC(C)=O)C(=O)O)cc1OCc1cccc(C)c1. The molecule has 2 rings (SSSR count). The highest BCUT2D eigenvalue weighted by Gasteiger charge is 2.11. The molecule has 1 amide bonds. The van der Waals surface area contributed by atoms with E-state index in [4.69, 9.17) is 9.47 Å². The largest absolute Gasteiger partial charge is 0.493 e. The van der Waals surface area contributed by atoms with Gasteiger partial charge in [-0.25, -0.2) is 4.79 Å². The number of carbonyl (C=O) groups is 2. The van der Waals surface area contributed by atoms with E-state index in [0.717, 1.165) is 11.1 Å². The summed E-state index contributed by atoms with van der Waals surface area (Å²) in [4.78, 5) is 22.4. The Morgan fingerprint density at radius 1 is 1.15 bits per heavy atom. The first-order valence-corrected chi connectivity index (χ1v) is 7.98. The number of ether oxygens (including phenoxy) is 2. The van der Waals surface area contributed by atoms with Gasteiger partial charge in [0.1, 0.15) is 12.3 Å². The molecule has 0 saturated carbocycles. The number of carbonyl (C=O) groups excluding carboxylic acids is 1. The van der Waals surface area contributed by atoms with Crippen LogP contribution in [-0.4, -0.2) is 24.1 Å². The Morgan fingerprint density at radius 3 is 2.54 bits per heavy atom. The molecule has 0 heterocycles. The fraction of sp³-hybridized carbons (Fsp3) is 0.200. The molecule has 136 valence electrons. The Balaban J connectivity index is 2.26. The molecule has 0 aliphatic rings. The Morgan fingerprint density at radius 2 is 1.92 bits per heavy atom. The number of hydrogen-bond donors (Lipinski definition) is 2. The number of hydrogen-bond acceptors (Lipinski definition) is 4. The molecule has 0 aromatic heterocycles. The van der Waals surface area contributed by atoms with Crippen molar-refractivity contribution >= 4 is 18.0 Å². The average molecular weight is 355 g/mol. The van der Waals surface area contributed by atoms with Gasteiger partial charge >= 0.3 is 5.97 Å². The maximum Gasteiger partial charge on any atom is 0.352 e. The number of rotatable bonds is 7. The number of aryl methyl sites for hydroxylation is 1. The molecule has 6 heteroatoms. The number of carboxylic acids is 1. The fourth-order valence-corrected chi connectivity index (χ4v) is 2.37. The molecule has 26 heavy (non-hydrogen) atoms. The summed E-state index contributed by atoms with van der Waals surface area (Å²) in [6.45, 7) is 3.61. The summed E-state index contributed by atoms with van der Waals surface area (Å²) in [6.07, 6.45) is 1.36. The van der Waals surface area contributed by atoms with E-state index in [-0.39, 0.29) is 5.70 Å². The smallest absolute Gasteiger partial charge is 0.352 e. The van der Waals surface area contributed by atoms with Gasteiger partial charge < -0.3 is 19.9 Å². The number of nitrogens with one attached hydrogen (secondary N) is 1.